The number of phosphoric ester groups is 1. The first-order valence-electron chi connectivity index (χ1n) is 9.82. The van der Waals surface area contributed by atoms with Gasteiger partial charge in [0.1, 0.15) is 11.5 Å². The zero-order valence-corrected chi connectivity index (χ0v) is 18.8. The summed E-state index contributed by atoms with van der Waals surface area (Å²) in [6.07, 6.45) is 1.86. The fourth-order valence-corrected chi connectivity index (χ4v) is 4.27. The molecule has 1 unspecified atom stereocenters. The highest BCUT2D eigenvalue weighted by Crippen LogP contribution is 2.50. The van der Waals surface area contributed by atoms with Gasteiger partial charge in [0.15, 0.2) is 0 Å². The van der Waals surface area contributed by atoms with Crippen LogP contribution in [0.4, 0.5) is 0 Å². The minimum atomic E-state index is -3.80. The molecule has 0 aliphatic heterocycles. The van der Waals surface area contributed by atoms with Crippen molar-refractivity contribution < 1.29 is 18.1 Å². The molecule has 0 N–H and O–H groups in total. The Labute approximate surface area is 169 Å². The first-order chi connectivity index (χ1) is 13.0. The van der Waals surface area contributed by atoms with Crippen LogP contribution in [-0.4, -0.2) is 6.61 Å². The van der Waals surface area contributed by atoms with E-state index < -0.39 is 7.82 Å². The van der Waals surface area contributed by atoms with Gasteiger partial charge < -0.3 is 9.05 Å². The topological polar surface area (TPSA) is 44.8 Å². The van der Waals surface area contributed by atoms with Crippen LogP contribution in [0.5, 0.6) is 11.5 Å². The van der Waals surface area contributed by atoms with Crippen molar-refractivity contribution in [3.8, 4) is 11.5 Å². The molecule has 0 spiro atoms. The summed E-state index contributed by atoms with van der Waals surface area (Å²) in [5.41, 5.74) is 2.44. The van der Waals surface area contributed by atoms with Crippen molar-refractivity contribution in [3.05, 3.63) is 59.7 Å². The SMILES string of the molecule is Cc1ccc(OP(=O)(OCCC(C)CC(C)(C)C)Oc2ccc(C)cc2)cc1. The van der Waals surface area contributed by atoms with Crippen molar-refractivity contribution in [3.63, 3.8) is 0 Å². The minimum Gasteiger partial charge on any atom is -0.395 e. The molecule has 5 heteroatoms. The van der Waals surface area contributed by atoms with Crippen molar-refractivity contribution in [1.29, 1.82) is 0 Å². The van der Waals surface area contributed by atoms with Gasteiger partial charge in [-0.3, -0.25) is 4.52 Å². The molecule has 0 saturated carbocycles. The molecule has 0 aliphatic rings. The maximum Gasteiger partial charge on any atom is 0.587 e. The van der Waals surface area contributed by atoms with Crippen LogP contribution in [0.25, 0.3) is 0 Å². The summed E-state index contributed by atoms with van der Waals surface area (Å²) in [5, 5.41) is 0. The van der Waals surface area contributed by atoms with Crippen molar-refractivity contribution in [2.45, 2.75) is 54.4 Å². The fraction of sp³-hybridized carbons (Fsp3) is 0.478. The molecule has 1 atom stereocenters. The van der Waals surface area contributed by atoms with Crippen LogP contribution in [0.3, 0.4) is 0 Å². The molecular formula is C23H33O4P. The Kier molecular flexibility index (Phi) is 7.74. The third-order valence-corrected chi connectivity index (χ3v) is 5.66. The zero-order chi connectivity index (χ0) is 20.8. The summed E-state index contributed by atoms with van der Waals surface area (Å²) in [7, 11) is -3.80. The van der Waals surface area contributed by atoms with Gasteiger partial charge >= 0.3 is 7.82 Å². The predicted octanol–water partition coefficient (Wildman–Crippen LogP) is 7.35. The molecule has 0 heterocycles. The number of aryl methyl sites for hydroxylation is 2. The zero-order valence-electron chi connectivity index (χ0n) is 17.9. The lowest BCUT2D eigenvalue weighted by Crippen LogP contribution is -2.13. The van der Waals surface area contributed by atoms with Gasteiger partial charge in [0, 0.05) is 0 Å². The number of hydrogen-bond acceptors (Lipinski definition) is 4. The van der Waals surface area contributed by atoms with Crippen LogP contribution in [-0.2, 0) is 9.09 Å². The number of phosphoric acid groups is 1. The van der Waals surface area contributed by atoms with E-state index in [0.717, 1.165) is 24.0 Å². The Morgan fingerprint density at radius 2 is 1.29 bits per heavy atom. The van der Waals surface area contributed by atoms with Crippen molar-refractivity contribution >= 4 is 7.82 Å². The Morgan fingerprint density at radius 1 is 0.857 bits per heavy atom. The second-order valence-corrected chi connectivity index (χ2v) is 10.3. The first-order valence-corrected chi connectivity index (χ1v) is 11.3. The molecule has 154 valence electrons. The first kappa shape index (κ1) is 22.5. The molecule has 4 nitrogen and oxygen atoms in total. The Bertz CT molecular complexity index is 724. The van der Waals surface area contributed by atoms with Gasteiger partial charge in [-0.2, -0.15) is 0 Å². The third-order valence-electron chi connectivity index (χ3n) is 4.30. The predicted molar refractivity (Wildman–Crippen MR) is 115 cm³/mol. The van der Waals surface area contributed by atoms with Crippen LogP contribution in [0, 0.1) is 25.2 Å². The van der Waals surface area contributed by atoms with Crippen LogP contribution in [0.1, 0.15) is 51.7 Å². The smallest absolute Gasteiger partial charge is 0.395 e. The molecule has 2 rings (SSSR count). The summed E-state index contributed by atoms with van der Waals surface area (Å²) in [4.78, 5) is 0. The molecule has 0 saturated heterocycles. The second kappa shape index (κ2) is 9.62. The molecule has 2 aromatic rings. The standard InChI is InChI=1S/C23H33O4P/c1-18-7-11-21(12-8-18)26-28(24,27-22-13-9-19(2)10-14-22)25-16-15-20(3)17-23(4,5)6/h7-14,20H,15-17H2,1-6H3. The maximum atomic E-state index is 13.3. The van der Waals surface area contributed by atoms with E-state index in [4.69, 9.17) is 13.6 Å². The van der Waals surface area contributed by atoms with Crippen molar-refractivity contribution in [1.82, 2.24) is 0 Å². The van der Waals surface area contributed by atoms with Gasteiger partial charge in [-0.05, 0) is 62.3 Å². The van der Waals surface area contributed by atoms with E-state index in [1.807, 2.05) is 38.1 Å². The Hall–Kier alpha value is -1.77. The van der Waals surface area contributed by atoms with Crippen molar-refractivity contribution in [2.24, 2.45) is 11.3 Å². The average Bonchev–Trinajstić information content (AvgIpc) is 2.57. The van der Waals surface area contributed by atoms with Crippen molar-refractivity contribution in [2.75, 3.05) is 6.61 Å². The Morgan fingerprint density at radius 3 is 1.68 bits per heavy atom. The highest BCUT2D eigenvalue weighted by molar-refractivity contribution is 7.49. The third kappa shape index (κ3) is 8.08. The van der Waals surface area contributed by atoms with Gasteiger partial charge in [-0.25, -0.2) is 4.57 Å². The van der Waals surface area contributed by atoms with Gasteiger partial charge in [0.25, 0.3) is 0 Å². The lowest BCUT2D eigenvalue weighted by atomic mass is 9.84. The molecule has 0 aliphatic carbocycles. The van der Waals surface area contributed by atoms with E-state index in [1.165, 1.54) is 0 Å². The largest absolute Gasteiger partial charge is 0.587 e. The lowest BCUT2D eigenvalue weighted by Gasteiger charge is -2.24. The van der Waals surface area contributed by atoms with E-state index in [0.29, 0.717) is 24.0 Å². The molecule has 0 fully saturated rings. The van der Waals surface area contributed by atoms with E-state index in [2.05, 4.69) is 27.7 Å². The summed E-state index contributed by atoms with van der Waals surface area (Å²) >= 11 is 0. The molecule has 2 aromatic carbocycles. The summed E-state index contributed by atoms with van der Waals surface area (Å²) in [6.45, 7) is 13.1. The highest BCUT2D eigenvalue weighted by atomic mass is 31.2. The van der Waals surface area contributed by atoms with Crippen LogP contribution < -0.4 is 9.05 Å². The summed E-state index contributed by atoms with van der Waals surface area (Å²) < 4.78 is 30.4. The summed E-state index contributed by atoms with van der Waals surface area (Å²) in [5.74, 6) is 1.37. The van der Waals surface area contributed by atoms with E-state index >= 15 is 0 Å². The molecular weight excluding hydrogens is 371 g/mol. The van der Waals surface area contributed by atoms with Gasteiger partial charge in [-0.15, -0.1) is 0 Å². The summed E-state index contributed by atoms with van der Waals surface area (Å²) in [6, 6.07) is 14.7. The van der Waals surface area contributed by atoms with Gasteiger partial charge in [0.2, 0.25) is 0 Å². The Balaban J connectivity index is 2.07. The molecule has 0 aromatic heterocycles. The van der Waals surface area contributed by atoms with Crippen LogP contribution in [0.2, 0.25) is 0 Å². The quantitative estimate of drug-likeness (QED) is 0.410. The normalized spacial score (nSPS) is 13.2. The van der Waals surface area contributed by atoms with E-state index in [-0.39, 0.29) is 5.41 Å². The number of benzene rings is 2. The highest BCUT2D eigenvalue weighted by Gasteiger charge is 2.31. The molecule has 0 amide bonds. The van der Waals surface area contributed by atoms with Gasteiger partial charge in [0.05, 0.1) is 6.61 Å². The molecule has 28 heavy (non-hydrogen) atoms. The monoisotopic (exact) mass is 404 g/mol. The number of hydrogen-bond donors (Lipinski definition) is 0. The fourth-order valence-electron chi connectivity index (χ4n) is 3.04. The van der Waals surface area contributed by atoms with E-state index in [9.17, 15) is 4.57 Å². The maximum absolute atomic E-state index is 13.3. The van der Waals surface area contributed by atoms with Crippen LogP contribution in [0.15, 0.2) is 48.5 Å². The minimum absolute atomic E-state index is 0.250. The molecule has 0 bridgehead atoms. The molecule has 0 radical (unpaired) electrons. The lowest BCUT2D eigenvalue weighted by molar-refractivity contribution is 0.186. The van der Waals surface area contributed by atoms with Crippen LogP contribution >= 0.6 is 7.82 Å². The van der Waals surface area contributed by atoms with E-state index in [1.54, 1.807) is 24.3 Å². The number of rotatable bonds is 9. The van der Waals surface area contributed by atoms with Gasteiger partial charge in [-0.1, -0.05) is 63.1 Å². The average molecular weight is 404 g/mol. The second-order valence-electron chi connectivity index (χ2n) is 8.75.